The van der Waals surface area contributed by atoms with E-state index in [4.69, 9.17) is 4.74 Å². The summed E-state index contributed by atoms with van der Waals surface area (Å²) in [5.74, 6) is 0.123. The SMILES string of the molecule is CC1(O)CCOC2(CCN(C(=O)Cc3csc(-c4ccccc4)n3)CC2)C1. The van der Waals surface area contributed by atoms with E-state index in [1.165, 1.54) is 0 Å². The van der Waals surface area contributed by atoms with Gasteiger partial charge in [-0.2, -0.15) is 0 Å². The fourth-order valence-electron chi connectivity index (χ4n) is 4.17. The molecule has 2 fully saturated rings. The zero-order chi connectivity index (χ0) is 18.9. The highest BCUT2D eigenvalue weighted by molar-refractivity contribution is 7.13. The third kappa shape index (κ3) is 4.23. The van der Waals surface area contributed by atoms with Crippen molar-refractivity contribution >= 4 is 17.2 Å². The molecule has 0 radical (unpaired) electrons. The summed E-state index contributed by atoms with van der Waals surface area (Å²) < 4.78 is 6.03. The zero-order valence-electron chi connectivity index (χ0n) is 15.7. The molecule has 1 aromatic heterocycles. The molecule has 3 heterocycles. The van der Waals surface area contributed by atoms with Gasteiger partial charge in [0, 0.05) is 30.5 Å². The summed E-state index contributed by atoms with van der Waals surface area (Å²) in [5, 5.41) is 13.3. The molecule has 2 aliphatic heterocycles. The fraction of sp³-hybridized carbons (Fsp3) is 0.524. The molecular weight excluding hydrogens is 360 g/mol. The van der Waals surface area contributed by atoms with Crippen LogP contribution < -0.4 is 0 Å². The van der Waals surface area contributed by atoms with E-state index < -0.39 is 5.60 Å². The second-order valence-electron chi connectivity index (χ2n) is 8.02. The number of hydrogen-bond donors (Lipinski definition) is 1. The molecule has 1 amide bonds. The Kier molecular flexibility index (Phi) is 5.05. The number of thiazole rings is 1. The second-order valence-corrected chi connectivity index (χ2v) is 8.88. The number of ether oxygens (including phenoxy) is 1. The van der Waals surface area contributed by atoms with Crippen molar-refractivity contribution in [3.8, 4) is 10.6 Å². The number of aromatic nitrogens is 1. The first-order chi connectivity index (χ1) is 12.9. The van der Waals surface area contributed by atoms with Gasteiger partial charge in [-0.15, -0.1) is 11.3 Å². The monoisotopic (exact) mass is 386 g/mol. The lowest BCUT2D eigenvalue weighted by Gasteiger charge is -2.48. The highest BCUT2D eigenvalue weighted by Crippen LogP contribution is 2.39. The number of piperidine rings is 1. The Labute approximate surface area is 164 Å². The van der Waals surface area contributed by atoms with Crippen LogP contribution in [-0.2, 0) is 16.0 Å². The van der Waals surface area contributed by atoms with Crippen molar-refractivity contribution < 1.29 is 14.6 Å². The van der Waals surface area contributed by atoms with E-state index in [0.29, 0.717) is 39.0 Å². The fourth-order valence-corrected chi connectivity index (χ4v) is 5.00. The third-order valence-corrected chi connectivity index (χ3v) is 6.62. The van der Waals surface area contributed by atoms with Crippen LogP contribution in [-0.4, -0.2) is 51.8 Å². The molecule has 0 saturated carbocycles. The molecule has 1 N–H and O–H groups in total. The predicted molar refractivity (Wildman–Crippen MR) is 106 cm³/mol. The number of hydrogen-bond acceptors (Lipinski definition) is 5. The van der Waals surface area contributed by atoms with E-state index in [0.717, 1.165) is 29.1 Å². The van der Waals surface area contributed by atoms with Crippen molar-refractivity contribution in [1.82, 2.24) is 9.88 Å². The first-order valence-electron chi connectivity index (χ1n) is 9.59. The highest BCUT2D eigenvalue weighted by Gasteiger charge is 2.44. The van der Waals surface area contributed by atoms with Gasteiger partial charge < -0.3 is 14.7 Å². The summed E-state index contributed by atoms with van der Waals surface area (Å²) >= 11 is 1.58. The Morgan fingerprint density at radius 1 is 1.26 bits per heavy atom. The minimum atomic E-state index is -0.654. The Balaban J connectivity index is 1.34. The van der Waals surface area contributed by atoms with E-state index in [1.54, 1.807) is 11.3 Å². The number of benzene rings is 1. The second kappa shape index (κ2) is 7.34. The Bertz CT molecular complexity index is 795. The van der Waals surface area contributed by atoms with Gasteiger partial charge in [0.1, 0.15) is 5.01 Å². The Morgan fingerprint density at radius 2 is 2.00 bits per heavy atom. The number of nitrogens with zero attached hydrogens (tertiary/aromatic N) is 2. The van der Waals surface area contributed by atoms with Crippen LogP contribution in [0.1, 0.15) is 38.3 Å². The normalized spacial score (nSPS) is 24.9. The van der Waals surface area contributed by atoms with E-state index in [-0.39, 0.29) is 11.5 Å². The van der Waals surface area contributed by atoms with Crippen LogP contribution >= 0.6 is 11.3 Å². The van der Waals surface area contributed by atoms with E-state index in [1.807, 2.05) is 47.5 Å². The number of carbonyl (C=O) groups is 1. The van der Waals surface area contributed by atoms with Gasteiger partial charge in [0.05, 0.1) is 29.9 Å². The highest BCUT2D eigenvalue weighted by atomic mass is 32.1. The molecule has 1 aromatic carbocycles. The third-order valence-electron chi connectivity index (χ3n) is 5.68. The van der Waals surface area contributed by atoms with Gasteiger partial charge in [-0.05, 0) is 26.2 Å². The minimum absolute atomic E-state index is 0.123. The molecule has 1 unspecified atom stereocenters. The van der Waals surface area contributed by atoms with Gasteiger partial charge >= 0.3 is 0 Å². The molecule has 1 atom stereocenters. The predicted octanol–water partition coefficient (Wildman–Crippen LogP) is 3.28. The molecular formula is C21H26N2O3S. The molecule has 1 spiro atoms. The molecule has 144 valence electrons. The van der Waals surface area contributed by atoms with Crippen LogP contribution in [0.4, 0.5) is 0 Å². The summed E-state index contributed by atoms with van der Waals surface area (Å²) in [6.07, 6.45) is 3.27. The van der Waals surface area contributed by atoms with Gasteiger partial charge in [-0.25, -0.2) is 4.98 Å². The lowest BCUT2D eigenvalue weighted by atomic mass is 9.78. The quantitative estimate of drug-likeness (QED) is 0.879. The molecule has 5 nitrogen and oxygen atoms in total. The van der Waals surface area contributed by atoms with Crippen molar-refractivity contribution in [2.45, 2.75) is 50.2 Å². The van der Waals surface area contributed by atoms with Crippen LogP contribution in [0.3, 0.4) is 0 Å². The molecule has 0 aliphatic carbocycles. The van der Waals surface area contributed by atoms with Crippen LogP contribution in [0.25, 0.3) is 10.6 Å². The summed E-state index contributed by atoms with van der Waals surface area (Å²) in [5.41, 5.74) is 1.00. The molecule has 2 saturated heterocycles. The standard InChI is InChI=1S/C21H26N2O3S/c1-20(25)9-12-26-21(15-20)7-10-23(11-8-21)18(24)13-17-14-27-19(22-17)16-5-3-2-4-6-16/h2-6,14,25H,7-13,15H2,1H3. The Morgan fingerprint density at radius 3 is 2.70 bits per heavy atom. The minimum Gasteiger partial charge on any atom is -0.390 e. The summed E-state index contributed by atoms with van der Waals surface area (Å²) in [6.45, 7) is 3.86. The van der Waals surface area contributed by atoms with Crippen molar-refractivity contribution in [3.63, 3.8) is 0 Å². The smallest absolute Gasteiger partial charge is 0.228 e. The average Bonchev–Trinajstić information content (AvgIpc) is 3.10. The van der Waals surface area contributed by atoms with Gasteiger partial charge in [-0.1, -0.05) is 30.3 Å². The number of amides is 1. The van der Waals surface area contributed by atoms with Crippen LogP contribution in [0.15, 0.2) is 35.7 Å². The number of carbonyl (C=O) groups excluding carboxylic acids is 1. The van der Waals surface area contributed by atoms with Crippen LogP contribution in [0, 0.1) is 0 Å². The molecule has 27 heavy (non-hydrogen) atoms. The van der Waals surface area contributed by atoms with Gasteiger partial charge in [0.2, 0.25) is 5.91 Å². The largest absolute Gasteiger partial charge is 0.390 e. The topological polar surface area (TPSA) is 62.7 Å². The number of likely N-dealkylation sites (tertiary alicyclic amines) is 1. The van der Waals surface area contributed by atoms with Gasteiger partial charge in [0.25, 0.3) is 0 Å². The van der Waals surface area contributed by atoms with Crippen molar-refractivity contribution in [3.05, 3.63) is 41.4 Å². The molecule has 2 aliphatic rings. The molecule has 2 aromatic rings. The molecule has 6 heteroatoms. The van der Waals surface area contributed by atoms with Crippen molar-refractivity contribution in [2.24, 2.45) is 0 Å². The van der Waals surface area contributed by atoms with Crippen LogP contribution in [0.2, 0.25) is 0 Å². The average molecular weight is 387 g/mol. The summed E-state index contributed by atoms with van der Waals surface area (Å²) in [7, 11) is 0. The lowest BCUT2D eigenvalue weighted by molar-refractivity contribution is -0.175. The lowest BCUT2D eigenvalue weighted by Crippen LogP contribution is -2.54. The zero-order valence-corrected chi connectivity index (χ0v) is 16.5. The van der Waals surface area contributed by atoms with Gasteiger partial charge in [-0.3, -0.25) is 4.79 Å². The van der Waals surface area contributed by atoms with Crippen molar-refractivity contribution in [1.29, 1.82) is 0 Å². The van der Waals surface area contributed by atoms with E-state index in [2.05, 4.69) is 4.98 Å². The maximum Gasteiger partial charge on any atom is 0.228 e. The maximum atomic E-state index is 12.7. The first-order valence-corrected chi connectivity index (χ1v) is 10.5. The summed E-state index contributed by atoms with van der Waals surface area (Å²) in [6, 6.07) is 10.0. The van der Waals surface area contributed by atoms with E-state index >= 15 is 0 Å². The van der Waals surface area contributed by atoms with Crippen molar-refractivity contribution in [2.75, 3.05) is 19.7 Å². The molecule has 4 rings (SSSR count). The summed E-state index contributed by atoms with van der Waals surface area (Å²) in [4.78, 5) is 19.3. The molecule has 0 bridgehead atoms. The van der Waals surface area contributed by atoms with E-state index in [9.17, 15) is 9.90 Å². The van der Waals surface area contributed by atoms with Crippen LogP contribution in [0.5, 0.6) is 0 Å². The number of aliphatic hydroxyl groups is 1. The maximum absolute atomic E-state index is 12.7. The Hall–Kier alpha value is -1.76. The van der Waals surface area contributed by atoms with Gasteiger partial charge in [0.15, 0.2) is 0 Å². The number of rotatable bonds is 3. The first kappa shape index (κ1) is 18.6.